The van der Waals surface area contributed by atoms with Gasteiger partial charge in [0, 0.05) is 6.04 Å². The fourth-order valence-electron chi connectivity index (χ4n) is 2.87. The number of benzene rings is 1. The third kappa shape index (κ3) is 3.56. The maximum Gasteiger partial charge on any atom is 0.0320 e. The highest BCUT2D eigenvalue weighted by Crippen LogP contribution is 2.25. The molecule has 2 rings (SSSR count). The summed E-state index contributed by atoms with van der Waals surface area (Å²) >= 11 is 0. The van der Waals surface area contributed by atoms with Gasteiger partial charge in [-0.15, -0.1) is 0 Å². The zero-order valence-corrected chi connectivity index (χ0v) is 11.7. The van der Waals surface area contributed by atoms with E-state index in [2.05, 4.69) is 48.9 Å². The molecule has 2 N–H and O–H groups in total. The van der Waals surface area contributed by atoms with E-state index in [9.17, 15) is 0 Å². The van der Waals surface area contributed by atoms with Gasteiger partial charge in [0.25, 0.3) is 0 Å². The Morgan fingerprint density at radius 2 is 2.11 bits per heavy atom. The van der Waals surface area contributed by atoms with Crippen LogP contribution in [0.5, 0.6) is 0 Å². The Balaban J connectivity index is 1.97. The monoisotopic (exact) mass is 246 g/mol. The van der Waals surface area contributed by atoms with Crippen molar-refractivity contribution >= 4 is 0 Å². The second-order valence-electron chi connectivity index (χ2n) is 5.43. The second-order valence-corrected chi connectivity index (χ2v) is 5.43. The Morgan fingerprint density at radius 3 is 2.67 bits per heavy atom. The molecule has 2 atom stereocenters. The maximum atomic E-state index is 3.47. The molecule has 0 saturated carbocycles. The molecule has 1 aliphatic heterocycles. The van der Waals surface area contributed by atoms with E-state index in [-0.39, 0.29) is 0 Å². The quantitative estimate of drug-likeness (QED) is 0.806. The van der Waals surface area contributed by atoms with Crippen molar-refractivity contribution in [3.05, 3.63) is 35.4 Å². The van der Waals surface area contributed by atoms with Crippen LogP contribution in [0, 0.1) is 5.92 Å². The highest BCUT2D eigenvalue weighted by atomic mass is 14.9. The first-order valence-corrected chi connectivity index (χ1v) is 7.30. The van der Waals surface area contributed by atoms with Gasteiger partial charge in [-0.25, -0.2) is 0 Å². The molecule has 1 fully saturated rings. The molecule has 0 aliphatic carbocycles. The van der Waals surface area contributed by atoms with Crippen molar-refractivity contribution in [3.63, 3.8) is 0 Å². The van der Waals surface area contributed by atoms with Gasteiger partial charge in [0.15, 0.2) is 0 Å². The summed E-state index contributed by atoms with van der Waals surface area (Å²) in [6.07, 6.45) is 4.99. The lowest BCUT2D eigenvalue weighted by Crippen LogP contribution is -2.21. The van der Waals surface area contributed by atoms with Crippen LogP contribution >= 0.6 is 0 Å². The van der Waals surface area contributed by atoms with Crippen LogP contribution in [0.4, 0.5) is 0 Å². The van der Waals surface area contributed by atoms with Crippen molar-refractivity contribution in [3.8, 4) is 0 Å². The molecule has 0 amide bonds. The van der Waals surface area contributed by atoms with Crippen molar-refractivity contribution in [2.24, 2.45) is 5.92 Å². The van der Waals surface area contributed by atoms with Gasteiger partial charge in [0.1, 0.15) is 0 Å². The van der Waals surface area contributed by atoms with Crippen LogP contribution < -0.4 is 10.6 Å². The number of hydrogen-bond acceptors (Lipinski definition) is 2. The Bertz CT molecular complexity index is 339. The smallest absolute Gasteiger partial charge is 0.0320 e. The fraction of sp³-hybridized carbons (Fsp3) is 0.625. The minimum absolute atomic E-state index is 0.505. The van der Waals surface area contributed by atoms with Crippen LogP contribution in [-0.2, 0) is 6.42 Å². The Labute approximate surface area is 111 Å². The fourth-order valence-corrected chi connectivity index (χ4v) is 2.87. The van der Waals surface area contributed by atoms with E-state index in [1.807, 2.05) is 0 Å². The van der Waals surface area contributed by atoms with Crippen LogP contribution in [0.1, 0.15) is 43.4 Å². The predicted molar refractivity (Wildman–Crippen MR) is 77.8 cm³/mol. The van der Waals surface area contributed by atoms with Gasteiger partial charge in [0.2, 0.25) is 0 Å². The molecule has 1 heterocycles. The summed E-state index contributed by atoms with van der Waals surface area (Å²) < 4.78 is 0. The molecule has 18 heavy (non-hydrogen) atoms. The van der Waals surface area contributed by atoms with Gasteiger partial charge in [-0.3, -0.25) is 0 Å². The maximum absolute atomic E-state index is 3.47. The van der Waals surface area contributed by atoms with Gasteiger partial charge < -0.3 is 10.6 Å². The first-order chi connectivity index (χ1) is 8.83. The average molecular weight is 246 g/mol. The molecule has 100 valence electrons. The van der Waals surface area contributed by atoms with Crippen molar-refractivity contribution in [2.45, 2.75) is 38.6 Å². The first-order valence-electron chi connectivity index (χ1n) is 7.30. The van der Waals surface area contributed by atoms with E-state index in [1.54, 1.807) is 0 Å². The Morgan fingerprint density at radius 1 is 1.33 bits per heavy atom. The zero-order chi connectivity index (χ0) is 12.8. The van der Waals surface area contributed by atoms with E-state index in [1.165, 1.54) is 49.9 Å². The molecule has 1 aromatic carbocycles. The van der Waals surface area contributed by atoms with Crippen LogP contribution in [0.15, 0.2) is 24.3 Å². The van der Waals surface area contributed by atoms with E-state index in [0.717, 1.165) is 5.92 Å². The minimum atomic E-state index is 0.505. The standard InChI is InChI=1S/C16H26N2/c1-3-4-13-5-7-15(8-6-13)16(17-2)11-14-9-10-18-12-14/h5-8,14,16-18H,3-4,9-12H2,1-2H3. The lowest BCUT2D eigenvalue weighted by Gasteiger charge is -2.20. The molecule has 1 saturated heterocycles. The summed E-state index contributed by atoms with van der Waals surface area (Å²) in [6, 6.07) is 9.68. The number of rotatable bonds is 6. The topological polar surface area (TPSA) is 24.1 Å². The van der Waals surface area contributed by atoms with Crippen molar-refractivity contribution in [1.29, 1.82) is 0 Å². The molecule has 0 aromatic heterocycles. The second kappa shape index (κ2) is 6.91. The molecule has 2 unspecified atom stereocenters. The lowest BCUT2D eigenvalue weighted by atomic mass is 9.93. The largest absolute Gasteiger partial charge is 0.316 e. The van der Waals surface area contributed by atoms with E-state index >= 15 is 0 Å². The van der Waals surface area contributed by atoms with Gasteiger partial charge in [-0.1, -0.05) is 37.6 Å². The van der Waals surface area contributed by atoms with Crippen LogP contribution in [0.3, 0.4) is 0 Å². The molecule has 0 radical (unpaired) electrons. The van der Waals surface area contributed by atoms with Crippen molar-refractivity contribution in [2.75, 3.05) is 20.1 Å². The molecule has 1 aromatic rings. The van der Waals surface area contributed by atoms with Gasteiger partial charge in [0.05, 0.1) is 0 Å². The number of aryl methyl sites for hydroxylation is 1. The van der Waals surface area contributed by atoms with E-state index in [0.29, 0.717) is 6.04 Å². The lowest BCUT2D eigenvalue weighted by molar-refractivity contribution is 0.430. The number of hydrogen-bond donors (Lipinski definition) is 2. The zero-order valence-electron chi connectivity index (χ0n) is 11.7. The van der Waals surface area contributed by atoms with Crippen LogP contribution in [0.2, 0.25) is 0 Å². The summed E-state index contributed by atoms with van der Waals surface area (Å²) in [6.45, 7) is 4.61. The van der Waals surface area contributed by atoms with E-state index in [4.69, 9.17) is 0 Å². The molecular weight excluding hydrogens is 220 g/mol. The van der Waals surface area contributed by atoms with Crippen LogP contribution in [-0.4, -0.2) is 20.1 Å². The summed E-state index contributed by atoms with van der Waals surface area (Å²) in [5.41, 5.74) is 2.89. The molecule has 2 nitrogen and oxygen atoms in total. The Kier molecular flexibility index (Phi) is 5.21. The minimum Gasteiger partial charge on any atom is -0.316 e. The molecular formula is C16H26N2. The van der Waals surface area contributed by atoms with Crippen molar-refractivity contribution < 1.29 is 0 Å². The summed E-state index contributed by atoms with van der Waals surface area (Å²) in [5, 5.41) is 6.92. The van der Waals surface area contributed by atoms with Crippen LogP contribution in [0.25, 0.3) is 0 Å². The average Bonchev–Trinajstić information content (AvgIpc) is 2.90. The normalized spacial score (nSPS) is 21.1. The van der Waals surface area contributed by atoms with E-state index < -0.39 is 0 Å². The summed E-state index contributed by atoms with van der Waals surface area (Å²) in [7, 11) is 2.08. The predicted octanol–water partition coefficient (Wildman–Crippen LogP) is 2.90. The summed E-state index contributed by atoms with van der Waals surface area (Å²) in [5.74, 6) is 0.831. The van der Waals surface area contributed by atoms with Gasteiger partial charge in [-0.2, -0.15) is 0 Å². The Hall–Kier alpha value is -0.860. The van der Waals surface area contributed by atoms with Gasteiger partial charge in [-0.05, 0) is 56.4 Å². The molecule has 0 spiro atoms. The molecule has 2 heteroatoms. The highest BCUT2D eigenvalue weighted by molar-refractivity contribution is 5.25. The molecule has 1 aliphatic rings. The summed E-state index contributed by atoms with van der Waals surface area (Å²) in [4.78, 5) is 0. The molecule has 0 bridgehead atoms. The van der Waals surface area contributed by atoms with Crippen molar-refractivity contribution in [1.82, 2.24) is 10.6 Å². The highest BCUT2D eigenvalue weighted by Gasteiger charge is 2.19. The number of nitrogens with one attached hydrogen (secondary N) is 2. The third-order valence-electron chi connectivity index (χ3n) is 4.00. The third-order valence-corrected chi connectivity index (χ3v) is 4.00. The first kappa shape index (κ1) is 13.6. The SMILES string of the molecule is CCCc1ccc(C(CC2CCNC2)NC)cc1. The van der Waals surface area contributed by atoms with Gasteiger partial charge >= 0.3 is 0 Å².